The van der Waals surface area contributed by atoms with Crippen molar-refractivity contribution in [3.05, 3.63) is 65.2 Å². The quantitative estimate of drug-likeness (QED) is 0.631. The molecule has 4 rings (SSSR count). The summed E-state index contributed by atoms with van der Waals surface area (Å²) in [6.45, 7) is 0.774. The smallest absolute Gasteiger partial charge is 0.247 e. The molecule has 0 spiro atoms. The molecule has 1 amide bonds. The van der Waals surface area contributed by atoms with Gasteiger partial charge in [-0.05, 0) is 37.1 Å². The second-order valence-corrected chi connectivity index (χ2v) is 7.35. The first-order valence-electron chi connectivity index (χ1n) is 8.73. The van der Waals surface area contributed by atoms with Crippen LogP contribution in [-0.2, 0) is 4.79 Å². The number of nitrogens with zero attached hydrogens (tertiary/aromatic N) is 2. The molecule has 1 aliphatic heterocycles. The number of methoxy groups -OCH3 is 1. The highest BCUT2D eigenvalue weighted by Crippen LogP contribution is 2.36. The maximum absolute atomic E-state index is 12.8. The Morgan fingerprint density at radius 2 is 2.04 bits per heavy atom. The summed E-state index contributed by atoms with van der Waals surface area (Å²) in [6, 6.07) is 15.9. The summed E-state index contributed by atoms with van der Waals surface area (Å²) in [5.41, 5.74) is 1.91. The van der Waals surface area contributed by atoms with Crippen LogP contribution in [-0.4, -0.2) is 29.4 Å². The van der Waals surface area contributed by atoms with Crippen LogP contribution in [0.5, 0.6) is 5.75 Å². The summed E-state index contributed by atoms with van der Waals surface area (Å²) in [7, 11) is 1.64. The van der Waals surface area contributed by atoms with Crippen molar-refractivity contribution in [1.82, 2.24) is 9.88 Å². The van der Waals surface area contributed by atoms with E-state index in [0.29, 0.717) is 0 Å². The number of ether oxygens (including phenoxy) is 1. The summed E-state index contributed by atoms with van der Waals surface area (Å²) >= 11 is 1.69. The Labute approximate surface area is 156 Å². The lowest BCUT2D eigenvalue weighted by Crippen LogP contribution is -2.28. The lowest BCUT2D eigenvalue weighted by atomic mass is 10.2. The minimum Gasteiger partial charge on any atom is -0.496 e. The normalized spacial score (nSPS) is 17.3. The van der Waals surface area contributed by atoms with Crippen molar-refractivity contribution in [2.24, 2.45) is 0 Å². The van der Waals surface area contributed by atoms with Crippen LogP contribution in [0.2, 0.25) is 0 Å². The van der Waals surface area contributed by atoms with E-state index in [0.717, 1.165) is 41.2 Å². The number of amides is 1. The Bertz CT molecular complexity index is 930. The molecule has 2 heterocycles. The van der Waals surface area contributed by atoms with E-state index in [1.807, 2.05) is 53.4 Å². The molecule has 5 heteroatoms. The summed E-state index contributed by atoms with van der Waals surface area (Å²) in [6.07, 6.45) is 5.45. The molecule has 2 aromatic carbocycles. The van der Waals surface area contributed by atoms with Crippen molar-refractivity contribution in [2.45, 2.75) is 18.9 Å². The molecule has 0 unspecified atom stereocenters. The Morgan fingerprint density at radius 3 is 2.88 bits per heavy atom. The first kappa shape index (κ1) is 16.8. The molecule has 3 aromatic rings. The van der Waals surface area contributed by atoms with Gasteiger partial charge in [-0.25, -0.2) is 4.98 Å². The fourth-order valence-electron chi connectivity index (χ4n) is 3.38. The Hall–Kier alpha value is -2.66. The van der Waals surface area contributed by atoms with Gasteiger partial charge in [0.1, 0.15) is 10.8 Å². The zero-order valence-electron chi connectivity index (χ0n) is 14.6. The number of benzene rings is 2. The molecule has 1 atom stereocenters. The number of fused-ring (bicyclic) bond motifs is 1. The van der Waals surface area contributed by atoms with Crippen LogP contribution in [0.1, 0.15) is 29.5 Å². The van der Waals surface area contributed by atoms with Gasteiger partial charge < -0.3 is 9.64 Å². The van der Waals surface area contributed by atoms with Crippen LogP contribution >= 0.6 is 11.3 Å². The van der Waals surface area contributed by atoms with Crippen molar-refractivity contribution in [1.29, 1.82) is 0 Å². The number of likely N-dealkylation sites (tertiary alicyclic amines) is 1. The first-order chi connectivity index (χ1) is 12.8. The Morgan fingerprint density at radius 1 is 1.23 bits per heavy atom. The lowest BCUT2D eigenvalue weighted by Gasteiger charge is -2.21. The van der Waals surface area contributed by atoms with E-state index in [-0.39, 0.29) is 11.9 Å². The van der Waals surface area contributed by atoms with E-state index >= 15 is 0 Å². The predicted octanol–water partition coefficient (Wildman–Crippen LogP) is 4.68. The van der Waals surface area contributed by atoms with Crippen molar-refractivity contribution in [3.63, 3.8) is 0 Å². The van der Waals surface area contributed by atoms with Gasteiger partial charge in [0, 0.05) is 18.2 Å². The molecule has 132 valence electrons. The second kappa shape index (κ2) is 7.30. The molecule has 1 aromatic heterocycles. The van der Waals surface area contributed by atoms with Crippen LogP contribution in [0.25, 0.3) is 16.3 Å². The van der Waals surface area contributed by atoms with E-state index in [1.54, 1.807) is 24.5 Å². The zero-order valence-corrected chi connectivity index (χ0v) is 15.4. The molecule has 1 fully saturated rings. The molecule has 0 saturated carbocycles. The van der Waals surface area contributed by atoms with E-state index in [4.69, 9.17) is 9.72 Å². The van der Waals surface area contributed by atoms with Crippen LogP contribution < -0.4 is 4.74 Å². The fourth-order valence-corrected chi connectivity index (χ4v) is 4.50. The van der Waals surface area contributed by atoms with E-state index < -0.39 is 0 Å². The standard InChI is InChI=1S/C21H20N2O2S/c1-25-18-10-4-2-7-15(18)12-13-20(24)23-14-6-9-17(23)21-22-16-8-3-5-11-19(16)26-21/h2-5,7-8,10-13,17H,6,9,14H2,1H3/b13-12-/t17-/m0/s1. The molecule has 0 N–H and O–H groups in total. The molecular weight excluding hydrogens is 344 g/mol. The molecule has 0 aliphatic carbocycles. The molecule has 0 radical (unpaired) electrons. The number of carbonyl (C=O) groups is 1. The van der Waals surface area contributed by atoms with Crippen LogP contribution in [0.3, 0.4) is 0 Å². The topological polar surface area (TPSA) is 42.4 Å². The summed E-state index contributed by atoms with van der Waals surface area (Å²) < 4.78 is 6.52. The van der Waals surface area contributed by atoms with Gasteiger partial charge in [0.2, 0.25) is 5.91 Å². The maximum atomic E-state index is 12.8. The lowest BCUT2D eigenvalue weighted by molar-refractivity contribution is -0.126. The maximum Gasteiger partial charge on any atom is 0.247 e. The van der Waals surface area contributed by atoms with Crippen LogP contribution in [0.4, 0.5) is 0 Å². The predicted molar refractivity (Wildman–Crippen MR) is 105 cm³/mol. The van der Waals surface area contributed by atoms with Crippen molar-refractivity contribution in [3.8, 4) is 5.75 Å². The molecule has 1 aliphatic rings. The van der Waals surface area contributed by atoms with E-state index in [9.17, 15) is 4.79 Å². The van der Waals surface area contributed by atoms with Gasteiger partial charge >= 0.3 is 0 Å². The highest BCUT2D eigenvalue weighted by molar-refractivity contribution is 7.18. The number of rotatable bonds is 4. The Balaban J connectivity index is 1.56. The van der Waals surface area contributed by atoms with Crippen LogP contribution in [0, 0.1) is 0 Å². The molecular formula is C21H20N2O2S. The fraction of sp³-hybridized carbons (Fsp3) is 0.238. The summed E-state index contributed by atoms with van der Waals surface area (Å²) in [5, 5.41) is 1.03. The number of carbonyl (C=O) groups excluding carboxylic acids is 1. The molecule has 26 heavy (non-hydrogen) atoms. The number of para-hydroxylation sites is 2. The van der Waals surface area contributed by atoms with Gasteiger partial charge in [-0.15, -0.1) is 11.3 Å². The monoisotopic (exact) mass is 364 g/mol. The third-order valence-electron chi connectivity index (χ3n) is 4.68. The zero-order chi connectivity index (χ0) is 17.9. The third-order valence-corrected chi connectivity index (χ3v) is 5.81. The second-order valence-electron chi connectivity index (χ2n) is 6.28. The highest BCUT2D eigenvalue weighted by Gasteiger charge is 2.31. The molecule has 0 bridgehead atoms. The summed E-state index contributed by atoms with van der Waals surface area (Å²) in [4.78, 5) is 19.5. The SMILES string of the molecule is COc1ccccc1/C=C\C(=O)N1CCC[C@H]1c1nc2ccccc2s1. The first-order valence-corrected chi connectivity index (χ1v) is 9.55. The number of hydrogen-bond donors (Lipinski definition) is 0. The van der Waals surface area contributed by atoms with E-state index in [1.165, 1.54) is 4.70 Å². The molecule has 1 saturated heterocycles. The van der Waals surface area contributed by atoms with Gasteiger partial charge in [0.05, 0.1) is 23.4 Å². The number of thiazole rings is 1. The largest absolute Gasteiger partial charge is 0.496 e. The van der Waals surface area contributed by atoms with Gasteiger partial charge in [-0.3, -0.25) is 4.79 Å². The van der Waals surface area contributed by atoms with Crippen molar-refractivity contribution in [2.75, 3.05) is 13.7 Å². The van der Waals surface area contributed by atoms with Gasteiger partial charge in [0.15, 0.2) is 0 Å². The van der Waals surface area contributed by atoms with Gasteiger partial charge in [-0.1, -0.05) is 30.3 Å². The Kier molecular flexibility index (Phi) is 4.71. The third kappa shape index (κ3) is 3.22. The number of aromatic nitrogens is 1. The van der Waals surface area contributed by atoms with Gasteiger partial charge in [-0.2, -0.15) is 0 Å². The van der Waals surface area contributed by atoms with Crippen molar-refractivity contribution >= 4 is 33.5 Å². The van der Waals surface area contributed by atoms with E-state index in [2.05, 4.69) is 6.07 Å². The average Bonchev–Trinajstić information content (AvgIpc) is 3.32. The van der Waals surface area contributed by atoms with Crippen molar-refractivity contribution < 1.29 is 9.53 Å². The minimum atomic E-state index is 0.0256. The average molecular weight is 364 g/mol. The summed E-state index contributed by atoms with van der Waals surface area (Å²) in [5.74, 6) is 0.790. The van der Waals surface area contributed by atoms with Gasteiger partial charge in [0.25, 0.3) is 0 Å². The van der Waals surface area contributed by atoms with Crippen LogP contribution in [0.15, 0.2) is 54.6 Å². The minimum absolute atomic E-state index is 0.0256. The number of hydrogen-bond acceptors (Lipinski definition) is 4. The highest BCUT2D eigenvalue weighted by atomic mass is 32.1. The molecule has 4 nitrogen and oxygen atoms in total.